The van der Waals surface area contributed by atoms with Crippen molar-refractivity contribution in [1.82, 2.24) is 15.2 Å². The molecule has 0 radical (unpaired) electrons. The minimum atomic E-state index is -0.795. The van der Waals surface area contributed by atoms with Crippen LogP contribution in [0.4, 0.5) is 10.1 Å². The molecule has 4 aromatic rings. The van der Waals surface area contributed by atoms with Crippen molar-refractivity contribution in [3.63, 3.8) is 0 Å². The predicted molar refractivity (Wildman–Crippen MR) is 181 cm³/mol. The van der Waals surface area contributed by atoms with Crippen LogP contribution < -0.4 is 10.6 Å². The number of aromatic nitrogens is 1. The number of amides is 2. The third kappa shape index (κ3) is 8.39. The maximum absolute atomic E-state index is 13.9. The molecule has 1 aromatic heterocycles. The van der Waals surface area contributed by atoms with Gasteiger partial charge in [0.2, 0.25) is 5.89 Å². The van der Waals surface area contributed by atoms with Crippen LogP contribution in [0, 0.1) is 6.92 Å². The van der Waals surface area contributed by atoms with Crippen molar-refractivity contribution in [2.24, 2.45) is 0 Å². The molecule has 0 aliphatic carbocycles. The summed E-state index contributed by atoms with van der Waals surface area (Å²) in [5.74, 6) is 0.00509. The standard InChI is InChI=1S/C38H45FN4O4/c1-24(11-12-26-13-14-32(34(44)19-26)40-22-27-8-6-9-31(18-27)38(3,4)5)41-35(45)29-16-28(21-39)17-30(20-29)37(46)43-15-7-10-33(43)36-42-25(2)23-47-36/h6,8-9,13-14,16-20,23-24,33,40,44H,7,10-12,15,21-22H2,1-5H3,(H,41,45)/t24-,33+/m0/s1. The van der Waals surface area contributed by atoms with E-state index in [1.807, 2.05) is 26.0 Å². The molecule has 1 saturated heterocycles. The molecule has 2 amide bonds. The van der Waals surface area contributed by atoms with Gasteiger partial charge in [-0.25, -0.2) is 9.37 Å². The Bertz CT molecular complexity index is 1730. The number of carbonyl (C=O) groups is 2. The van der Waals surface area contributed by atoms with Gasteiger partial charge in [-0.3, -0.25) is 9.59 Å². The van der Waals surface area contributed by atoms with Crippen molar-refractivity contribution in [3.05, 3.63) is 112 Å². The number of phenolic OH excluding ortho intramolecular Hbond substituents is 1. The summed E-state index contributed by atoms with van der Waals surface area (Å²) in [5.41, 5.74) is 5.57. The van der Waals surface area contributed by atoms with E-state index in [1.165, 1.54) is 23.8 Å². The maximum atomic E-state index is 13.9. The van der Waals surface area contributed by atoms with Crippen molar-refractivity contribution in [3.8, 4) is 5.75 Å². The fraction of sp³-hybridized carbons (Fsp3) is 0.395. The Labute approximate surface area is 276 Å². The van der Waals surface area contributed by atoms with E-state index in [2.05, 4.69) is 60.7 Å². The Morgan fingerprint density at radius 3 is 2.55 bits per heavy atom. The van der Waals surface area contributed by atoms with E-state index >= 15 is 0 Å². The van der Waals surface area contributed by atoms with Crippen LogP contribution >= 0.6 is 0 Å². The third-order valence-electron chi connectivity index (χ3n) is 8.67. The number of hydrogen-bond acceptors (Lipinski definition) is 6. The lowest BCUT2D eigenvalue weighted by Gasteiger charge is -2.23. The van der Waals surface area contributed by atoms with Crippen molar-refractivity contribution in [2.45, 2.75) is 91.0 Å². The summed E-state index contributed by atoms with van der Waals surface area (Å²) < 4.78 is 19.4. The molecule has 47 heavy (non-hydrogen) atoms. The maximum Gasteiger partial charge on any atom is 0.254 e. The third-order valence-corrected chi connectivity index (χ3v) is 8.67. The summed E-state index contributed by atoms with van der Waals surface area (Å²) in [6.45, 7) is 10.6. The number of carbonyl (C=O) groups excluding carboxylic acids is 2. The first-order valence-corrected chi connectivity index (χ1v) is 16.3. The van der Waals surface area contributed by atoms with Gasteiger partial charge in [0.15, 0.2) is 0 Å². The van der Waals surface area contributed by atoms with Gasteiger partial charge in [-0.05, 0) is 97.5 Å². The van der Waals surface area contributed by atoms with E-state index in [9.17, 15) is 19.1 Å². The largest absolute Gasteiger partial charge is 0.506 e. The number of likely N-dealkylation sites (tertiary alicyclic amines) is 1. The molecule has 0 saturated carbocycles. The quantitative estimate of drug-likeness (QED) is 0.145. The van der Waals surface area contributed by atoms with Crippen molar-refractivity contribution in [2.75, 3.05) is 11.9 Å². The smallest absolute Gasteiger partial charge is 0.254 e. The first kappa shape index (κ1) is 33.7. The van der Waals surface area contributed by atoms with E-state index in [1.54, 1.807) is 17.2 Å². The zero-order chi connectivity index (χ0) is 33.7. The molecule has 1 fully saturated rings. The summed E-state index contributed by atoms with van der Waals surface area (Å²) in [7, 11) is 0. The van der Waals surface area contributed by atoms with Gasteiger partial charge in [-0.15, -0.1) is 0 Å². The average molecular weight is 641 g/mol. The number of hydrogen-bond donors (Lipinski definition) is 3. The minimum Gasteiger partial charge on any atom is -0.506 e. The number of anilines is 1. The predicted octanol–water partition coefficient (Wildman–Crippen LogP) is 7.80. The Morgan fingerprint density at radius 2 is 1.85 bits per heavy atom. The summed E-state index contributed by atoms with van der Waals surface area (Å²) in [6.07, 6.45) is 4.34. The molecule has 0 spiro atoms. The van der Waals surface area contributed by atoms with E-state index in [0.717, 1.165) is 29.7 Å². The van der Waals surface area contributed by atoms with Gasteiger partial charge in [0.05, 0.1) is 11.4 Å². The average Bonchev–Trinajstić information content (AvgIpc) is 3.71. The molecule has 2 atom stereocenters. The highest BCUT2D eigenvalue weighted by Crippen LogP contribution is 2.33. The molecule has 2 heterocycles. The molecule has 1 aliphatic heterocycles. The molecule has 5 rings (SSSR count). The van der Waals surface area contributed by atoms with Gasteiger partial charge in [0, 0.05) is 30.3 Å². The Balaban J connectivity index is 1.17. The second-order valence-corrected chi connectivity index (χ2v) is 13.6. The highest BCUT2D eigenvalue weighted by Gasteiger charge is 2.34. The Morgan fingerprint density at radius 1 is 1.06 bits per heavy atom. The van der Waals surface area contributed by atoms with Gasteiger partial charge >= 0.3 is 0 Å². The normalized spacial score (nSPS) is 15.4. The zero-order valence-corrected chi connectivity index (χ0v) is 27.9. The van der Waals surface area contributed by atoms with E-state index in [0.29, 0.717) is 37.5 Å². The van der Waals surface area contributed by atoms with Crippen LogP contribution in [0.1, 0.15) is 108 Å². The summed E-state index contributed by atoms with van der Waals surface area (Å²) in [5, 5.41) is 17.0. The molecule has 9 heteroatoms. The van der Waals surface area contributed by atoms with Crippen LogP contribution in [0.25, 0.3) is 0 Å². The number of oxazole rings is 1. The first-order valence-electron chi connectivity index (χ1n) is 16.3. The number of nitrogens with one attached hydrogen (secondary N) is 2. The number of halogens is 1. The summed E-state index contributed by atoms with van der Waals surface area (Å²) in [6, 6.07) is 18.1. The topological polar surface area (TPSA) is 108 Å². The lowest BCUT2D eigenvalue weighted by atomic mass is 9.86. The fourth-order valence-corrected chi connectivity index (χ4v) is 5.97. The van der Waals surface area contributed by atoms with Crippen molar-refractivity contribution in [1.29, 1.82) is 0 Å². The van der Waals surface area contributed by atoms with Gasteiger partial charge in [0.25, 0.3) is 11.8 Å². The number of alkyl halides is 1. The first-order chi connectivity index (χ1) is 22.4. The molecule has 0 bridgehead atoms. The van der Waals surface area contributed by atoms with Crippen LogP contribution in [0.2, 0.25) is 0 Å². The van der Waals surface area contributed by atoms with Crippen LogP contribution in [0.3, 0.4) is 0 Å². The fourth-order valence-electron chi connectivity index (χ4n) is 5.97. The van der Waals surface area contributed by atoms with Crippen LogP contribution in [0.15, 0.2) is 71.3 Å². The number of aromatic hydroxyl groups is 1. The number of rotatable bonds is 11. The molecule has 1 aliphatic rings. The molecule has 248 valence electrons. The van der Waals surface area contributed by atoms with Gasteiger partial charge in [-0.1, -0.05) is 51.1 Å². The van der Waals surface area contributed by atoms with Crippen molar-refractivity contribution < 1.29 is 23.5 Å². The van der Waals surface area contributed by atoms with E-state index in [4.69, 9.17) is 4.42 Å². The summed E-state index contributed by atoms with van der Waals surface area (Å²) in [4.78, 5) is 32.9. The molecular formula is C38H45FN4O4. The van der Waals surface area contributed by atoms with Crippen LogP contribution in [-0.2, 0) is 25.1 Å². The Kier molecular flexibility index (Phi) is 10.3. The molecular weight excluding hydrogens is 595 g/mol. The number of nitrogens with zero attached hydrogens (tertiary/aromatic N) is 2. The van der Waals surface area contributed by atoms with Crippen LogP contribution in [-0.4, -0.2) is 39.4 Å². The van der Waals surface area contributed by atoms with Crippen LogP contribution in [0.5, 0.6) is 5.75 Å². The highest BCUT2D eigenvalue weighted by molar-refractivity contribution is 6.00. The second-order valence-electron chi connectivity index (χ2n) is 13.6. The Hall–Kier alpha value is -4.66. The van der Waals surface area contributed by atoms with Crippen molar-refractivity contribution >= 4 is 17.5 Å². The van der Waals surface area contributed by atoms with Gasteiger partial charge < -0.3 is 25.1 Å². The van der Waals surface area contributed by atoms with Gasteiger partial charge in [-0.2, -0.15) is 0 Å². The lowest BCUT2D eigenvalue weighted by molar-refractivity contribution is 0.0715. The van der Waals surface area contributed by atoms with E-state index < -0.39 is 6.67 Å². The molecule has 3 aromatic carbocycles. The highest BCUT2D eigenvalue weighted by atomic mass is 19.1. The van der Waals surface area contributed by atoms with E-state index in [-0.39, 0.29) is 51.8 Å². The SMILES string of the molecule is Cc1coc([C@H]2CCCN2C(=O)c2cc(CF)cc(C(=O)N[C@@H](C)CCc3ccc(NCc4cccc(C(C)(C)C)c4)c(O)c3)c2)n1. The van der Waals surface area contributed by atoms with Gasteiger partial charge in [0.1, 0.15) is 24.7 Å². The number of phenols is 1. The zero-order valence-electron chi connectivity index (χ0n) is 27.9. The minimum absolute atomic E-state index is 0.0623. The monoisotopic (exact) mass is 640 g/mol. The number of benzene rings is 3. The molecule has 8 nitrogen and oxygen atoms in total. The number of aryl methyl sites for hydroxylation is 2. The second kappa shape index (κ2) is 14.4. The summed E-state index contributed by atoms with van der Waals surface area (Å²) >= 11 is 0. The lowest BCUT2D eigenvalue weighted by Crippen LogP contribution is -2.34. The molecule has 0 unspecified atom stereocenters. The molecule has 3 N–H and O–H groups in total.